The van der Waals surface area contributed by atoms with Gasteiger partial charge in [0.15, 0.2) is 0 Å². The molecule has 0 spiro atoms. The Morgan fingerprint density at radius 3 is 2.48 bits per heavy atom. The maximum absolute atomic E-state index is 12.8. The van der Waals surface area contributed by atoms with E-state index in [2.05, 4.69) is 5.32 Å². The van der Waals surface area contributed by atoms with Gasteiger partial charge in [-0.2, -0.15) is 0 Å². The molecule has 3 rings (SSSR count). The van der Waals surface area contributed by atoms with Crippen LogP contribution in [0.15, 0.2) is 42.5 Å². The number of nitrogens with one attached hydrogen (secondary N) is 1. The number of piperazine rings is 1. The van der Waals surface area contributed by atoms with E-state index in [1.165, 1.54) is 25.3 Å². The van der Waals surface area contributed by atoms with Crippen molar-refractivity contribution < 1.29 is 19.2 Å². The summed E-state index contributed by atoms with van der Waals surface area (Å²) in [6.07, 6.45) is 0. The number of carbonyl (C=O) groups excluding carboxylic acids is 2. The zero-order chi connectivity index (χ0) is 22.5. The van der Waals surface area contributed by atoms with E-state index in [-0.39, 0.29) is 23.2 Å². The second kappa shape index (κ2) is 9.76. The first-order valence-corrected chi connectivity index (χ1v) is 10.1. The third-order valence-electron chi connectivity index (χ3n) is 5.25. The molecule has 0 bridgehead atoms. The number of methoxy groups -OCH3 is 1. The fourth-order valence-electron chi connectivity index (χ4n) is 3.43. The van der Waals surface area contributed by atoms with Crippen molar-refractivity contribution in [3.63, 3.8) is 0 Å². The number of amides is 2. The van der Waals surface area contributed by atoms with Gasteiger partial charge in [-0.3, -0.25) is 24.6 Å². The number of nitro groups is 1. The van der Waals surface area contributed by atoms with E-state index in [1.807, 2.05) is 4.90 Å². The summed E-state index contributed by atoms with van der Waals surface area (Å²) >= 11 is 5.97. The van der Waals surface area contributed by atoms with Gasteiger partial charge in [-0.1, -0.05) is 17.7 Å². The van der Waals surface area contributed by atoms with Crippen molar-refractivity contribution in [1.82, 2.24) is 9.80 Å². The van der Waals surface area contributed by atoms with Crippen LogP contribution in [0.1, 0.15) is 17.3 Å². The van der Waals surface area contributed by atoms with E-state index in [4.69, 9.17) is 16.3 Å². The molecular weight excluding hydrogens is 424 g/mol. The Morgan fingerprint density at radius 1 is 1.16 bits per heavy atom. The highest BCUT2D eigenvalue weighted by atomic mass is 35.5. The number of benzene rings is 2. The van der Waals surface area contributed by atoms with E-state index in [9.17, 15) is 19.7 Å². The first-order valence-electron chi connectivity index (χ1n) is 9.72. The molecule has 0 aliphatic carbocycles. The highest BCUT2D eigenvalue weighted by Gasteiger charge is 2.28. The lowest BCUT2D eigenvalue weighted by Gasteiger charge is -2.37. The van der Waals surface area contributed by atoms with Crippen LogP contribution in [0.25, 0.3) is 0 Å². The van der Waals surface area contributed by atoms with Crippen molar-refractivity contribution in [3.05, 3.63) is 63.2 Å². The molecule has 1 heterocycles. The smallest absolute Gasteiger partial charge is 0.271 e. The summed E-state index contributed by atoms with van der Waals surface area (Å²) in [6.45, 7) is 3.75. The summed E-state index contributed by atoms with van der Waals surface area (Å²) in [7, 11) is 1.43. The second-order valence-electron chi connectivity index (χ2n) is 7.15. The fourth-order valence-corrected chi connectivity index (χ4v) is 3.62. The number of rotatable bonds is 6. The number of carbonyl (C=O) groups is 2. The number of halogens is 1. The Balaban J connectivity index is 1.61. The van der Waals surface area contributed by atoms with Gasteiger partial charge in [0.1, 0.15) is 5.75 Å². The molecule has 164 valence electrons. The molecule has 0 radical (unpaired) electrons. The molecule has 1 atom stereocenters. The van der Waals surface area contributed by atoms with Crippen molar-refractivity contribution in [3.8, 4) is 5.75 Å². The molecule has 1 saturated heterocycles. The number of anilines is 1. The standard InChI is InChI=1S/C21H23ClN4O5/c1-14(20(27)23-18-13-17(26(29)30)6-7-19(18)31-2)24-8-10-25(11-9-24)21(28)15-4-3-5-16(22)12-15/h3-7,12-14H,8-11H2,1-2H3,(H,23,27). The van der Waals surface area contributed by atoms with Crippen molar-refractivity contribution in [2.45, 2.75) is 13.0 Å². The lowest BCUT2D eigenvalue weighted by molar-refractivity contribution is -0.384. The predicted octanol–water partition coefficient (Wildman–Crippen LogP) is 3.04. The summed E-state index contributed by atoms with van der Waals surface area (Å²) in [4.78, 5) is 39.6. The molecule has 1 unspecified atom stereocenters. The van der Waals surface area contributed by atoms with E-state index in [0.717, 1.165) is 0 Å². The summed E-state index contributed by atoms with van der Waals surface area (Å²) in [5, 5.41) is 14.3. The van der Waals surface area contributed by atoms with E-state index in [1.54, 1.807) is 36.1 Å². The summed E-state index contributed by atoms with van der Waals surface area (Å²) in [5.41, 5.74) is 0.629. The number of hydrogen-bond donors (Lipinski definition) is 1. The normalized spacial score (nSPS) is 15.3. The van der Waals surface area contributed by atoms with Gasteiger partial charge in [0, 0.05) is 48.9 Å². The lowest BCUT2D eigenvalue weighted by Crippen LogP contribution is -2.54. The Morgan fingerprint density at radius 2 is 1.87 bits per heavy atom. The van der Waals surface area contributed by atoms with Crippen LogP contribution >= 0.6 is 11.6 Å². The van der Waals surface area contributed by atoms with Crippen LogP contribution in [-0.2, 0) is 4.79 Å². The van der Waals surface area contributed by atoms with Gasteiger partial charge < -0.3 is 15.0 Å². The monoisotopic (exact) mass is 446 g/mol. The van der Waals surface area contributed by atoms with Gasteiger partial charge in [0.2, 0.25) is 5.91 Å². The van der Waals surface area contributed by atoms with Crippen LogP contribution in [0.3, 0.4) is 0 Å². The zero-order valence-electron chi connectivity index (χ0n) is 17.2. The number of hydrogen-bond acceptors (Lipinski definition) is 6. The minimum Gasteiger partial charge on any atom is -0.495 e. The summed E-state index contributed by atoms with van der Waals surface area (Å²) in [6, 6.07) is 10.3. The molecule has 1 aliphatic heterocycles. The van der Waals surface area contributed by atoms with Crippen molar-refractivity contribution >= 4 is 34.8 Å². The molecular formula is C21H23ClN4O5. The largest absolute Gasteiger partial charge is 0.495 e. The fraction of sp³-hybridized carbons (Fsp3) is 0.333. The van der Waals surface area contributed by atoms with Crippen LogP contribution in [0.5, 0.6) is 5.75 Å². The lowest BCUT2D eigenvalue weighted by atomic mass is 10.1. The van der Waals surface area contributed by atoms with Crippen molar-refractivity contribution in [2.24, 2.45) is 0 Å². The van der Waals surface area contributed by atoms with Gasteiger partial charge in [0.25, 0.3) is 11.6 Å². The molecule has 0 saturated carbocycles. The van der Waals surface area contributed by atoms with Gasteiger partial charge in [-0.15, -0.1) is 0 Å². The number of nitro benzene ring substituents is 1. The molecule has 1 fully saturated rings. The minimum atomic E-state index is -0.533. The average Bonchev–Trinajstić information content (AvgIpc) is 2.78. The van der Waals surface area contributed by atoms with Gasteiger partial charge >= 0.3 is 0 Å². The first-order chi connectivity index (χ1) is 14.8. The Hall–Kier alpha value is -3.17. The SMILES string of the molecule is COc1ccc([N+](=O)[O-])cc1NC(=O)C(C)N1CCN(C(=O)c2cccc(Cl)c2)CC1. The van der Waals surface area contributed by atoms with Crippen LogP contribution in [0.2, 0.25) is 5.02 Å². The van der Waals surface area contributed by atoms with E-state index in [0.29, 0.717) is 42.5 Å². The summed E-state index contributed by atoms with van der Waals surface area (Å²) in [5.74, 6) is -0.0721. The molecule has 9 nitrogen and oxygen atoms in total. The van der Waals surface area contributed by atoms with Crippen molar-refractivity contribution in [1.29, 1.82) is 0 Å². The predicted molar refractivity (Wildman–Crippen MR) is 117 cm³/mol. The molecule has 2 amide bonds. The number of ether oxygens (including phenoxy) is 1. The molecule has 2 aromatic rings. The number of nitrogens with zero attached hydrogens (tertiary/aromatic N) is 3. The van der Waals surface area contributed by atoms with E-state index < -0.39 is 11.0 Å². The molecule has 31 heavy (non-hydrogen) atoms. The van der Waals surface area contributed by atoms with Crippen LogP contribution in [0.4, 0.5) is 11.4 Å². The topological polar surface area (TPSA) is 105 Å². The first kappa shape index (κ1) is 22.5. The third kappa shape index (κ3) is 5.31. The maximum Gasteiger partial charge on any atom is 0.271 e. The van der Waals surface area contributed by atoms with Crippen LogP contribution in [-0.4, -0.2) is 65.9 Å². The van der Waals surface area contributed by atoms with Gasteiger partial charge in [0.05, 0.1) is 23.8 Å². The average molecular weight is 447 g/mol. The highest BCUT2D eigenvalue weighted by molar-refractivity contribution is 6.30. The quantitative estimate of drug-likeness (QED) is 0.540. The highest BCUT2D eigenvalue weighted by Crippen LogP contribution is 2.29. The van der Waals surface area contributed by atoms with E-state index >= 15 is 0 Å². The van der Waals surface area contributed by atoms with Crippen LogP contribution in [0, 0.1) is 10.1 Å². The van der Waals surface area contributed by atoms with Crippen LogP contribution < -0.4 is 10.1 Å². The molecule has 1 aliphatic rings. The second-order valence-corrected chi connectivity index (χ2v) is 7.58. The Labute approximate surface area is 184 Å². The Bertz CT molecular complexity index is 991. The molecule has 2 aromatic carbocycles. The molecule has 0 aromatic heterocycles. The Kier molecular flexibility index (Phi) is 7.09. The third-order valence-corrected chi connectivity index (χ3v) is 5.49. The minimum absolute atomic E-state index is 0.0967. The molecule has 10 heteroatoms. The van der Waals surface area contributed by atoms with Gasteiger partial charge in [-0.05, 0) is 31.2 Å². The van der Waals surface area contributed by atoms with Crippen molar-refractivity contribution in [2.75, 3.05) is 38.6 Å². The molecule has 1 N–H and O–H groups in total. The maximum atomic E-state index is 12.8. The van der Waals surface area contributed by atoms with Gasteiger partial charge in [-0.25, -0.2) is 0 Å². The number of non-ortho nitro benzene ring substituents is 1. The zero-order valence-corrected chi connectivity index (χ0v) is 18.0. The summed E-state index contributed by atoms with van der Waals surface area (Å²) < 4.78 is 5.19.